The number of nitrogens with zero attached hydrogens (tertiary/aromatic N) is 4. The van der Waals surface area contributed by atoms with Crippen molar-refractivity contribution >= 4 is 88.0 Å². The van der Waals surface area contributed by atoms with E-state index in [1.807, 2.05) is 30.3 Å². The van der Waals surface area contributed by atoms with Crippen LogP contribution in [0.2, 0.25) is 0 Å². The smallest absolute Gasteiger partial charge is 0.407 e. The molecule has 2 aromatic carbocycles. The second kappa shape index (κ2) is 48.8. The van der Waals surface area contributed by atoms with Crippen molar-refractivity contribution in [2.24, 2.45) is 5.41 Å². The number of alkyl carbamates (subject to hydrolysis) is 1. The van der Waals surface area contributed by atoms with Gasteiger partial charge in [-0.05, 0) is 205 Å². The normalized spacial score (nSPS) is 13.3. The van der Waals surface area contributed by atoms with E-state index in [1.165, 1.54) is 0 Å². The summed E-state index contributed by atoms with van der Waals surface area (Å²) in [5.74, 6) is -5.09. The number of rotatable bonds is 51. The first-order chi connectivity index (χ1) is 51.6. The summed E-state index contributed by atoms with van der Waals surface area (Å²) in [6, 6.07) is 10.2. The van der Waals surface area contributed by atoms with Gasteiger partial charge in [0, 0.05) is 52.8 Å². The second-order valence-electron chi connectivity index (χ2n) is 31.4. The molecule has 620 valence electrons. The fourth-order valence-electron chi connectivity index (χ4n) is 11.1. The molecule has 0 bridgehead atoms. The standard InChI is InChI=1S/C77H124IN11O21/c1-72(2,3)77(68(97)98,34-32-64(92)93)89(73(4,5)6)70(100)85-60(67(96)109-75(10,11)12)27-18-20-36-80-69(99)82-57-24-22-23-55(52-57)61-53-88(87-86-61)38-40-103-42-44-105-46-48-107-50-49-106-47-45-104-43-41-102-39-33-62(90)83-58(25-16-21-37-81-71(101)110-76(13,14)15)65(94)84-59(66(95)108-74(7,8)9)26-17-19-35-79-63(91)51-54-28-30-56(78)31-29-54/h22-24,28-31,52-53,58-60H,16-21,25-27,32-51H2,1-15H3,(H,79,91)(H,81,101)(H,83,90)(H,84,94)(H,85,100)(H,92,93)(H,97,98)(H2,80,82,99)/t58-,59-,60-,77-/m0/s1. The molecule has 0 aliphatic carbocycles. The fourth-order valence-corrected chi connectivity index (χ4v) is 11.5. The van der Waals surface area contributed by atoms with Gasteiger partial charge in [-0.2, -0.15) is 0 Å². The van der Waals surface area contributed by atoms with Crippen LogP contribution in [-0.2, 0) is 89.2 Å². The summed E-state index contributed by atoms with van der Waals surface area (Å²) >= 11 is 2.21. The molecule has 0 saturated heterocycles. The van der Waals surface area contributed by atoms with E-state index >= 15 is 0 Å². The Balaban J connectivity index is 1.31. The average molecular weight is 1670 g/mol. The Morgan fingerprint density at radius 1 is 0.527 bits per heavy atom. The molecule has 3 aromatic rings. The monoisotopic (exact) mass is 1670 g/mol. The molecule has 0 spiro atoms. The van der Waals surface area contributed by atoms with Gasteiger partial charge in [-0.25, -0.2) is 33.4 Å². The largest absolute Gasteiger partial charge is 0.481 e. The first-order valence-electron chi connectivity index (χ1n) is 37.7. The third-order valence-electron chi connectivity index (χ3n) is 16.3. The highest BCUT2D eigenvalue weighted by Gasteiger charge is 2.58. The van der Waals surface area contributed by atoms with Crippen LogP contribution in [0.5, 0.6) is 0 Å². The zero-order valence-electron chi connectivity index (χ0n) is 67.3. The summed E-state index contributed by atoms with van der Waals surface area (Å²) in [6.07, 6.45) is 3.67. The molecule has 3 rings (SSSR count). The molecule has 33 heteroatoms. The molecule has 9 N–H and O–H groups in total. The molecule has 0 aliphatic heterocycles. The van der Waals surface area contributed by atoms with Gasteiger partial charge in [0.25, 0.3) is 0 Å². The predicted octanol–water partition coefficient (Wildman–Crippen LogP) is 9.12. The van der Waals surface area contributed by atoms with Crippen LogP contribution in [0.4, 0.5) is 20.1 Å². The number of carboxylic acids is 2. The minimum atomic E-state index is -1.99. The SMILES string of the molecule is CC(C)(C)OC(=O)NCCCC[C@H](NC(=O)CCOCCOCCOCCOCCOCCOCCn1cc(-c2cccc(NC(=O)NCCCC[C@H](NC(=O)N(C(C)(C)C)[C@@](CCC(=O)O)(C(=O)O)C(C)(C)C)C(=O)OC(C)(C)C)c2)nn1)C(=O)N[C@@H](CCCCNC(=O)Cc1ccc(I)cc1)C(=O)OC(C)(C)C. The van der Waals surface area contributed by atoms with Crippen molar-refractivity contribution in [3.8, 4) is 11.3 Å². The quantitative estimate of drug-likeness (QED) is 0.0110. The van der Waals surface area contributed by atoms with Crippen molar-refractivity contribution in [1.82, 2.24) is 51.8 Å². The lowest BCUT2D eigenvalue weighted by Crippen LogP contribution is -2.71. The zero-order valence-corrected chi connectivity index (χ0v) is 69.4. The first-order valence-corrected chi connectivity index (χ1v) is 38.8. The molecule has 8 amide bonds. The first kappa shape index (κ1) is 96.4. The average Bonchev–Trinajstić information content (AvgIpc) is 0.824. The number of aliphatic carboxylic acids is 2. The molecule has 0 radical (unpaired) electrons. The number of carboxylic acid groups (broad SMARTS) is 2. The lowest BCUT2D eigenvalue weighted by Gasteiger charge is -2.54. The number of nitrogens with one attached hydrogen (secondary N) is 7. The number of carbonyl (C=O) groups is 10. The summed E-state index contributed by atoms with van der Waals surface area (Å²) in [5.41, 5.74) is -4.04. The number of amides is 8. The van der Waals surface area contributed by atoms with Crippen molar-refractivity contribution in [2.75, 3.05) is 104 Å². The van der Waals surface area contributed by atoms with Crippen LogP contribution < -0.4 is 37.2 Å². The summed E-state index contributed by atoms with van der Waals surface area (Å²) < 4.78 is 53.2. The van der Waals surface area contributed by atoms with E-state index in [9.17, 15) is 58.2 Å². The summed E-state index contributed by atoms with van der Waals surface area (Å²) in [5, 5.41) is 48.4. The number of halogens is 1. The Morgan fingerprint density at radius 3 is 1.50 bits per heavy atom. The number of anilines is 1. The fraction of sp³-hybridized carbons (Fsp3) is 0.688. The van der Waals surface area contributed by atoms with Crippen LogP contribution >= 0.6 is 22.6 Å². The minimum Gasteiger partial charge on any atom is -0.481 e. The molecular weight excluding hydrogens is 1540 g/mol. The van der Waals surface area contributed by atoms with E-state index in [0.29, 0.717) is 128 Å². The van der Waals surface area contributed by atoms with E-state index < -0.39 is 118 Å². The van der Waals surface area contributed by atoms with Crippen LogP contribution in [0.25, 0.3) is 11.3 Å². The number of urea groups is 2. The van der Waals surface area contributed by atoms with Crippen molar-refractivity contribution in [3.63, 3.8) is 0 Å². The van der Waals surface area contributed by atoms with E-state index in [2.05, 4.69) is 70.1 Å². The van der Waals surface area contributed by atoms with Crippen molar-refractivity contribution in [3.05, 3.63) is 63.9 Å². The minimum absolute atomic E-state index is 0.0501. The van der Waals surface area contributed by atoms with Gasteiger partial charge in [0.15, 0.2) is 0 Å². The molecule has 1 aromatic heterocycles. The lowest BCUT2D eigenvalue weighted by molar-refractivity contribution is -0.164. The predicted molar refractivity (Wildman–Crippen MR) is 420 cm³/mol. The van der Waals surface area contributed by atoms with Crippen molar-refractivity contribution < 1.29 is 101 Å². The summed E-state index contributed by atoms with van der Waals surface area (Å²) in [7, 11) is 0. The molecular formula is C77H124IN11O21. The van der Waals surface area contributed by atoms with Gasteiger partial charge in [0.1, 0.15) is 46.2 Å². The number of aromatic nitrogens is 3. The van der Waals surface area contributed by atoms with Gasteiger partial charge in [0.05, 0.1) is 98.4 Å². The molecule has 0 fully saturated rings. The molecule has 0 unspecified atom stereocenters. The number of hydrogen-bond acceptors (Lipinski definition) is 21. The highest BCUT2D eigenvalue weighted by molar-refractivity contribution is 14.1. The van der Waals surface area contributed by atoms with Crippen LogP contribution in [0, 0.1) is 8.99 Å². The zero-order chi connectivity index (χ0) is 82.1. The highest BCUT2D eigenvalue weighted by Crippen LogP contribution is 2.44. The molecule has 1 heterocycles. The van der Waals surface area contributed by atoms with Crippen LogP contribution in [0.1, 0.15) is 186 Å². The Kier molecular flexibility index (Phi) is 42.8. The molecule has 0 aliphatic rings. The van der Waals surface area contributed by atoms with E-state index in [1.54, 1.807) is 133 Å². The van der Waals surface area contributed by atoms with E-state index in [4.69, 9.17) is 42.6 Å². The number of benzene rings is 2. The molecule has 4 atom stereocenters. The van der Waals surface area contributed by atoms with Crippen LogP contribution in [0.3, 0.4) is 0 Å². The second-order valence-corrected chi connectivity index (χ2v) is 32.6. The van der Waals surface area contributed by atoms with E-state index in [0.717, 1.165) is 14.0 Å². The maximum atomic E-state index is 14.3. The van der Waals surface area contributed by atoms with Gasteiger partial charge in [-0.3, -0.25) is 19.2 Å². The highest BCUT2D eigenvalue weighted by atomic mass is 127. The number of ether oxygens (including phenoxy) is 9. The molecule has 32 nitrogen and oxygen atoms in total. The third kappa shape index (κ3) is 40.4. The maximum Gasteiger partial charge on any atom is 0.407 e. The summed E-state index contributed by atoms with van der Waals surface area (Å²) in [4.78, 5) is 132. The van der Waals surface area contributed by atoms with Gasteiger partial charge in [-0.15, -0.1) is 5.10 Å². The van der Waals surface area contributed by atoms with E-state index in [-0.39, 0.29) is 70.9 Å². The number of carbonyl (C=O) groups excluding carboxylic acids is 8. The summed E-state index contributed by atoms with van der Waals surface area (Å²) in [6.45, 7) is 30.2. The Labute approximate surface area is 661 Å². The third-order valence-corrected chi connectivity index (χ3v) is 17.0. The molecule has 0 saturated carbocycles. The maximum absolute atomic E-state index is 14.3. The van der Waals surface area contributed by atoms with Gasteiger partial charge in [0.2, 0.25) is 17.7 Å². The van der Waals surface area contributed by atoms with Crippen LogP contribution in [0.15, 0.2) is 54.7 Å². The Bertz CT molecular complexity index is 3330. The van der Waals surface area contributed by atoms with Crippen LogP contribution in [-0.4, -0.2) is 235 Å². The topological polar surface area (TPSA) is 412 Å². The molecule has 110 heavy (non-hydrogen) atoms. The van der Waals surface area contributed by atoms with Gasteiger partial charge in [-0.1, -0.05) is 50.3 Å². The van der Waals surface area contributed by atoms with Crippen molar-refractivity contribution in [1.29, 1.82) is 0 Å². The van der Waals surface area contributed by atoms with Crippen molar-refractivity contribution in [2.45, 2.75) is 240 Å². The number of esters is 2. The van der Waals surface area contributed by atoms with Gasteiger partial charge < -0.3 is 95.0 Å². The number of unbranched alkanes of at least 4 members (excludes halogenated alkanes) is 3. The lowest BCUT2D eigenvalue weighted by atomic mass is 9.68. The Morgan fingerprint density at radius 2 is 1.01 bits per heavy atom. The van der Waals surface area contributed by atoms with Gasteiger partial charge >= 0.3 is 42.0 Å². The Hall–Kier alpha value is -7.83. The number of hydrogen-bond donors (Lipinski definition) is 9.